The van der Waals surface area contributed by atoms with Gasteiger partial charge < -0.3 is 13.7 Å². The average Bonchev–Trinajstić information content (AvgIpc) is 3.90. The van der Waals surface area contributed by atoms with Crippen molar-refractivity contribution in [3.8, 4) is 28.2 Å². The van der Waals surface area contributed by atoms with E-state index >= 15 is 0 Å². The molecular formula is C52H33N3. The maximum atomic E-state index is 2.52. The maximum Gasteiger partial charge on any atom is 0.0789 e. The van der Waals surface area contributed by atoms with Gasteiger partial charge in [0.2, 0.25) is 0 Å². The lowest BCUT2D eigenvalue weighted by Crippen LogP contribution is -1.99. The van der Waals surface area contributed by atoms with Crippen LogP contribution in [0, 0.1) is 0 Å². The molecule has 0 unspecified atom stereocenters. The number of hydrogen-bond acceptors (Lipinski definition) is 0. The molecule has 0 aliphatic rings. The summed E-state index contributed by atoms with van der Waals surface area (Å²) < 4.78 is 7.39. The molecule has 0 amide bonds. The zero-order chi connectivity index (χ0) is 36.0. The van der Waals surface area contributed by atoms with Crippen molar-refractivity contribution in [3.63, 3.8) is 0 Å². The summed E-state index contributed by atoms with van der Waals surface area (Å²) in [6.45, 7) is 0. The minimum absolute atomic E-state index is 1.13. The Balaban J connectivity index is 1.21. The lowest BCUT2D eigenvalue weighted by molar-refractivity contribution is 1.15. The van der Waals surface area contributed by atoms with Crippen molar-refractivity contribution in [3.05, 3.63) is 200 Å². The Labute approximate surface area is 317 Å². The van der Waals surface area contributed by atoms with E-state index in [0.29, 0.717) is 0 Å². The molecule has 3 nitrogen and oxygen atoms in total. The standard InChI is InChI=1S/C52H33N3/c1-3-17-36(18-4-1)53-46-27-12-10-24-43(46)49-40(25-14-28-47(49)53)35-16-13-21-38(33-35)55-48-32-29-34-15-7-8-22-39(34)50(48)44-31-30-42-41-23-9-11-26-45(41)54(51(42)52(44)55)37-19-5-2-6-20-37/h1-33H. The quantitative estimate of drug-likeness (QED) is 0.174. The van der Waals surface area contributed by atoms with E-state index < -0.39 is 0 Å². The zero-order valence-corrected chi connectivity index (χ0v) is 29.9. The molecule has 0 saturated carbocycles. The van der Waals surface area contributed by atoms with Crippen LogP contribution in [0.1, 0.15) is 0 Å². The highest BCUT2D eigenvalue weighted by Gasteiger charge is 2.23. The molecule has 3 heterocycles. The van der Waals surface area contributed by atoms with Gasteiger partial charge in [0.1, 0.15) is 0 Å². The molecule has 12 aromatic rings. The zero-order valence-electron chi connectivity index (χ0n) is 29.9. The predicted octanol–water partition coefficient (Wildman–Crippen LogP) is 13.8. The molecule has 256 valence electrons. The van der Waals surface area contributed by atoms with Crippen molar-refractivity contribution in [1.29, 1.82) is 0 Å². The van der Waals surface area contributed by atoms with Crippen LogP contribution in [-0.4, -0.2) is 13.7 Å². The van der Waals surface area contributed by atoms with Gasteiger partial charge in [-0.3, -0.25) is 0 Å². The lowest BCUT2D eigenvalue weighted by Gasteiger charge is -2.14. The Bertz CT molecular complexity index is 3470. The fourth-order valence-corrected chi connectivity index (χ4v) is 9.36. The minimum Gasteiger partial charge on any atom is -0.309 e. The molecule has 0 aliphatic carbocycles. The molecule has 0 saturated heterocycles. The third kappa shape index (κ3) is 4.26. The largest absolute Gasteiger partial charge is 0.309 e. The van der Waals surface area contributed by atoms with E-state index in [9.17, 15) is 0 Å². The first-order chi connectivity index (χ1) is 27.3. The van der Waals surface area contributed by atoms with Crippen molar-refractivity contribution in [2.24, 2.45) is 0 Å². The minimum atomic E-state index is 1.13. The van der Waals surface area contributed by atoms with Crippen molar-refractivity contribution in [1.82, 2.24) is 13.7 Å². The summed E-state index contributed by atoms with van der Waals surface area (Å²) in [4.78, 5) is 0. The van der Waals surface area contributed by atoms with Crippen LogP contribution in [0.5, 0.6) is 0 Å². The third-order valence-electron chi connectivity index (χ3n) is 11.6. The van der Waals surface area contributed by atoms with Crippen LogP contribution in [0.25, 0.3) is 104 Å². The van der Waals surface area contributed by atoms with Gasteiger partial charge in [-0.1, -0.05) is 140 Å². The normalized spacial score (nSPS) is 12.0. The van der Waals surface area contributed by atoms with E-state index in [1.165, 1.54) is 87.3 Å². The fraction of sp³-hybridized carbons (Fsp3) is 0. The number of aromatic nitrogens is 3. The van der Waals surface area contributed by atoms with Crippen molar-refractivity contribution < 1.29 is 0 Å². The summed E-state index contributed by atoms with van der Waals surface area (Å²) in [6.07, 6.45) is 0. The van der Waals surface area contributed by atoms with E-state index in [-0.39, 0.29) is 0 Å². The second-order valence-electron chi connectivity index (χ2n) is 14.5. The van der Waals surface area contributed by atoms with Crippen LogP contribution in [0.15, 0.2) is 200 Å². The summed E-state index contributed by atoms with van der Waals surface area (Å²) in [5.41, 5.74) is 13.1. The van der Waals surface area contributed by atoms with Gasteiger partial charge in [-0.05, 0) is 82.6 Å². The van der Waals surface area contributed by atoms with Gasteiger partial charge >= 0.3 is 0 Å². The van der Waals surface area contributed by atoms with Gasteiger partial charge in [0.05, 0.1) is 33.1 Å². The monoisotopic (exact) mass is 699 g/mol. The SMILES string of the molecule is c1ccc(-n2c3ccccc3c3c(-c4cccc(-n5c6ccc7ccccc7c6c6ccc7c8ccccc8n(-c8ccccc8)c7c65)c4)cccc32)cc1. The first-order valence-corrected chi connectivity index (χ1v) is 19.0. The summed E-state index contributed by atoms with van der Waals surface area (Å²) >= 11 is 0. The van der Waals surface area contributed by atoms with Gasteiger partial charge in [0.25, 0.3) is 0 Å². The molecule has 0 aliphatic heterocycles. The second-order valence-corrected chi connectivity index (χ2v) is 14.5. The molecule has 0 bridgehead atoms. The van der Waals surface area contributed by atoms with Gasteiger partial charge in [0.15, 0.2) is 0 Å². The highest BCUT2D eigenvalue weighted by Crippen LogP contribution is 2.45. The van der Waals surface area contributed by atoms with Crippen LogP contribution >= 0.6 is 0 Å². The van der Waals surface area contributed by atoms with Crippen molar-refractivity contribution in [2.45, 2.75) is 0 Å². The topological polar surface area (TPSA) is 14.8 Å². The number of fused-ring (bicyclic) bond motifs is 12. The lowest BCUT2D eigenvalue weighted by atomic mass is 9.99. The van der Waals surface area contributed by atoms with E-state index in [0.717, 1.165) is 17.1 Å². The Kier molecular flexibility index (Phi) is 6.34. The van der Waals surface area contributed by atoms with E-state index in [4.69, 9.17) is 0 Å². The van der Waals surface area contributed by atoms with E-state index in [2.05, 4.69) is 214 Å². The Morgan fingerprint density at radius 1 is 0.273 bits per heavy atom. The molecule has 0 radical (unpaired) electrons. The Morgan fingerprint density at radius 2 is 0.818 bits per heavy atom. The molecule has 0 N–H and O–H groups in total. The van der Waals surface area contributed by atoms with Crippen LogP contribution < -0.4 is 0 Å². The first-order valence-electron chi connectivity index (χ1n) is 19.0. The van der Waals surface area contributed by atoms with Crippen LogP contribution in [0.4, 0.5) is 0 Å². The van der Waals surface area contributed by atoms with Gasteiger partial charge in [0, 0.05) is 49.4 Å². The number of para-hydroxylation sites is 4. The highest BCUT2D eigenvalue weighted by atomic mass is 15.0. The fourth-order valence-electron chi connectivity index (χ4n) is 9.36. The second kappa shape index (κ2) is 11.6. The highest BCUT2D eigenvalue weighted by molar-refractivity contribution is 6.28. The van der Waals surface area contributed by atoms with Crippen molar-refractivity contribution in [2.75, 3.05) is 0 Å². The number of benzene rings is 9. The average molecular weight is 700 g/mol. The third-order valence-corrected chi connectivity index (χ3v) is 11.6. The Hall–Kier alpha value is -7.36. The first kappa shape index (κ1) is 30.1. The molecule has 9 aromatic carbocycles. The Morgan fingerprint density at radius 3 is 1.62 bits per heavy atom. The van der Waals surface area contributed by atoms with Crippen molar-refractivity contribution >= 4 is 76.2 Å². The number of hydrogen-bond donors (Lipinski definition) is 0. The van der Waals surface area contributed by atoms with Crippen LogP contribution in [0.3, 0.4) is 0 Å². The van der Waals surface area contributed by atoms with Gasteiger partial charge in [-0.25, -0.2) is 0 Å². The summed E-state index contributed by atoms with van der Waals surface area (Å²) in [5, 5.41) is 10.0. The smallest absolute Gasteiger partial charge is 0.0789 e. The number of rotatable bonds is 4. The molecular weight excluding hydrogens is 667 g/mol. The summed E-state index contributed by atoms with van der Waals surface area (Å²) in [7, 11) is 0. The molecule has 3 aromatic heterocycles. The molecule has 0 spiro atoms. The van der Waals surface area contributed by atoms with Crippen LogP contribution in [-0.2, 0) is 0 Å². The summed E-state index contributed by atoms with van der Waals surface area (Å²) in [5.74, 6) is 0. The maximum absolute atomic E-state index is 2.52. The van der Waals surface area contributed by atoms with Crippen LogP contribution in [0.2, 0.25) is 0 Å². The summed E-state index contributed by atoms with van der Waals surface area (Å²) in [6, 6.07) is 73.2. The molecule has 0 atom stereocenters. The van der Waals surface area contributed by atoms with Gasteiger partial charge in [-0.15, -0.1) is 0 Å². The van der Waals surface area contributed by atoms with E-state index in [1.807, 2.05) is 0 Å². The van der Waals surface area contributed by atoms with E-state index in [1.54, 1.807) is 0 Å². The van der Waals surface area contributed by atoms with Gasteiger partial charge in [-0.2, -0.15) is 0 Å². The number of nitrogens with zero attached hydrogens (tertiary/aromatic N) is 3. The molecule has 55 heavy (non-hydrogen) atoms. The molecule has 3 heteroatoms. The molecule has 12 rings (SSSR count). The molecule has 0 fully saturated rings. The predicted molar refractivity (Wildman–Crippen MR) is 232 cm³/mol.